The Morgan fingerprint density at radius 1 is 1.52 bits per heavy atom. The predicted molar refractivity (Wildman–Crippen MR) is 89.7 cm³/mol. The molecule has 1 aromatic carbocycles. The van der Waals surface area contributed by atoms with Gasteiger partial charge in [-0.15, -0.1) is 0 Å². The van der Waals surface area contributed by atoms with Gasteiger partial charge in [0.25, 0.3) is 11.2 Å². The van der Waals surface area contributed by atoms with Gasteiger partial charge in [0.15, 0.2) is 0 Å². The molecule has 0 aliphatic rings. The predicted octanol–water partition coefficient (Wildman–Crippen LogP) is 1.36. The number of carbonyl (C=O) groups excluding carboxylic acids is 1. The molecule has 0 spiro atoms. The van der Waals surface area contributed by atoms with Crippen LogP contribution in [-0.2, 0) is 11.3 Å². The standard InChI is InChI=1S/C16H17N5O4/c1-10(2)16(3,8-17)19-14(22)7-20-9-18-13-5-4-11(21(24)25)6-12(13)15(20)23/h4-6,9-10H,7H2,1-3H3,(H,19,22). The number of nitrogens with one attached hydrogen (secondary N) is 1. The van der Waals surface area contributed by atoms with Gasteiger partial charge in [-0.25, -0.2) is 4.98 Å². The summed E-state index contributed by atoms with van der Waals surface area (Å²) in [7, 11) is 0. The number of carbonyl (C=O) groups is 1. The van der Waals surface area contributed by atoms with E-state index in [1.165, 1.54) is 18.5 Å². The van der Waals surface area contributed by atoms with Crippen LogP contribution in [0.15, 0.2) is 29.3 Å². The van der Waals surface area contributed by atoms with Crippen LogP contribution in [0.2, 0.25) is 0 Å². The third kappa shape index (κ3) is 3.63. The molecule has 9 nitrogen and oxygen atoms in total. The highest BCUT2D eigenvalue weighted by Gasteiger charge is 2.30. The Bertz CT molecular complexity index is 944. The third-order valence-electron chi connectivity index (χ3n) is 4.12. The zero-order chi connectivity index (χ0) is 18.8. The molecule has 0 bridgehead atoms. The number of nitrogens with zero attached hydrogens (tertiary/aromatic N) is 4. The molecule has 0 saturated heterocycles. The van der Waals surface area contributed by atoms with Crippen molar-refractivity contribution in [2.75, 3.05) is 0 Å². The minimum absolute atomic E-state index is 0.0522. The number of rotatable bonds is 5. The molecule has 1 aromatic heterocycles. The second kappa shape index (κ2) is 6.68. The fourth-order valence-corrected chi connectivity index (χ4v) is 2.16. The monoisotopic (exact) mass is 343 g/mol. The van der Waals surface area contributed by atoms with Crippen LogP contribution >= 0.6 is 0 Å². The van der Waals surface area contributed by atoms with Gasteiger partial charge < -0.3 is 5.32 Å². The van der Waals surface area contributed by atoms with Gasteiger partial charge in [-0.3, -0.25) is 24.3 Å². The Morgan fingerprint density at radius 3 is 2.76 bits per heavy atom. The molecule has 0 fully saturated rings. The molecule has 9 heteroatoms. The lowest BCUT2D eigenvalue weighted by Gasteiger charge is -2.27. The molecular weight excluding hydrogens is 326 g/mol. The molecule has 1 unspecified atom stereocenters. The first-order chi connectivity index (χ1) is 11.7. The van der Waals surface area contributed by atoms with Gasteiger partial charge in [0, 0.05) is 12.1 Å². The van der Waals surface area contributed by atoms with Gasteiger partial charge in [-0.05, 0) is 18.9 Å². The summed E-state index contributed by atoms with van der Waals surface area (Å²) in [6.07, 6.45) is 1.20. The van der Waals surface area contributed by atoms with Gasteiger partial charge in [-0.1, -0.05) is 13.8 Å². The number of non-ortho nitro benzene ring substituents is 1. The Hall–Kier alpha value is -3.28. The summed E-state index contributed by atoms with van der Waals surface area (Å²) in [5.41, 5.74) is -1.56. The average molecular weight is 343 g/mol. The smallest absolute Gasteiger partial charge is 0.270 e. The summed E-state index contributed by atoms with van der Waals surface area (Å²) < 4.78 is 1.06. The molecule has 2 rings (SSSR count). The molecule has 1 atom stereocenters. The van der Waals surface area contributed by atoms with Crippen molar-refractivity contribution in [3.05, 3.63) is 45.0 Å². The summed E-state index contributed by atoms with van der Waals surface area (Å²) in [5, 5.41) is 22.7. The van der Waals surface area contributed by atoms with E-state index in [0.29, 0.717) is 5.52 Å². The molecule has 1 N–H and O–H groups in total. The van der Waals surface area contributed by atoms with Crippen molar-refractivity contribution in [2.24, 2.45) is 5.92 Å². The van der Waals surface area contributed by atoms with Crippen LogP contribution in [0, 0.1) is 27.4 Å². The Labute approximate surface area is 143 Å². The van der Waals surface area contributed by atoms with Crippen LogP contribution in [0.1, 0.15) is 20.8 Å². The molecule has 0 radical (unpaired) electrons. The van der Waals surface area contributed by atoms with E-state index in [2.05, 4.69) is 10.3 Å². The second-order valence-corrected chi connectivity index (χ2v) is 6.15. The quantitative estimate of drug-likeness (QED) is 0.644. The van der Waals surface area contributed by atoms with E-state index >= 15 is 0 Å². The molecule has 1 amide bonds. The Morgan fingerprint density at radius 2 is 2.20 bits per heavy atom. The number of nitro groups is 1. The van der Waals surface area contributed by atoms with Crippen LogP contribution in [0.4, 0.5) is 5.69 Å². The molecule has 0 saturated carbocycles. The van der Waals surface area contributed by atoms with E-state index in [9.17, 15) is 25.0 Å². The van der Waals surface area contributed by atoms with Gasteiger partial charge in [0.05, 0.1) is 28.2 Å². The number of amides is 1. The van der Waals surface area contributed by atoms with E-state index in [4.69, 9.17) is 0 Å². The highest BCUT2D eigenvalue weighted by atomic mass is 16.6. The van der Waals surface area contributed by atoms with Crippen molar-refractivity contribution >= 4 is 22.5 Å². The zero-order valence-corrected chi connectivity index (χ0v) is 14.0. The maximum absolute atomic E-state index is 12.5. The summed E-state index contributed by atoms with van der Waals surface area (Å²) >= 11 is 0. The van der Waals surface area contributed by atoms with Gasteiger partial charge >= 0.3 is 0 Å². The fourth-order valence-electron chi connectivity index (χ4n) is 2.16. The normalized spacial score (nSPS) is 13.2. The van der Waals surface area contributed by atoms with Crippen LogP contribution < -0.4 is 10.9 Å². The molecule has 0 aliphatic heterocycles. The van der Waals surface area contributed by atoms with Crippen LogP contribution in [0.5, 0.6) is 0 Å². The van der Waals surface area contributed by atoms with Gasteiger partial charge in [-0.2, -0.15) is 5.26 Å². The van der Waals surface area contributed by atoms with Crippen molar-refractivity contribution < 1.29 is 9.72 Å². The summed E-state index contributed by atoms with van der Waals surface area (Å²) in [4.78, 5) is 38.9. The van der Waals surface area contributed by atoms with Crippen molar-refractivity contribution in [3.8, 4) is 6.07 Å². The molecule has 1 heterocycles. The number of nitriles is 1. The minimum Gasteiger partial charge on any atom is -0.336 e. The van der Waals surface area contributed by atoms with Crippen molar-refractivity contribution in [1.82, 2.24) is 14.9 Å². The first kappa shape index (κ1) is 18.1. The van der Waals surface area contributed by atoms with Crippen molar-refractivity contribution in [3.63, 3.8) is 0 Å². The third-order valence-corrected chi connectivity index (χ3v) is 4.12. The van der Waals surface area contributed by atoms with Crippen molar-refractivity contribution in [1.29, 1.82) is 5.26 Å². The maximum atomic E-state index is 12.5. The highest BCUT2D eigenvalue weighted by Crippen LogP contribution is 2.17. The lowest BCUT2D eigenvalue weighted by molar-refractivity contribution is -0.384. The number of benzene rings is 1. The Balaban J connectivity index is 2.34. The van der Waals surface area contributed by atoms with E-state index < -0.39 is 21.9 Å². The van der Waals surface area contributed by atoms with Crippen LogP contribution in [-0.4, -0.2) is 25.9 Å². The molecule has 130 valence electrons. The number of hydrogen-bond acceptors (Lipinski definition) is 6. The highest BCUT2D eigenvalue weighted by molar-refractivity contribution is 5.81. The lowest BCUT2D eigenvalue weighted by atomic mass is 9.90. The summed E-state index contributed by atoms with van der Waals surface area (Å²) in [6.45, 7) is 4.85. The fraction of sp³-hybridized carbons (Fsp3) is 0.375. The SMILES string of the molecule is CC(C)C(C)(C#N)NC(=O)Cn1cnc2ccc([N+](=O)[O-])cc2c1=O. The summed E-state index contributed by atoms with van der Waals surface area (Å²) in [6, 6.07) is 5.82. The van der Waals surface area contributed by atoms with Gasteiger partial charge in [0.1, 0.15) is 12.1 Å². The summed E-state index contributed by atoms with van der Waals surface area (Å²) in [5.74, 6) is -0.651. The Kier molecular flexibility index (Phi) is 4.83. The van der Waals surface area contributed by atoms with E-state index in [-0.39, 0.29) is 23.5 Å². The topological polar surface area (TPSA) is 131 Å². The van der Waals surface area contributed by atoms with Crippen LogP contribution in [0.25, 0.3) is 10.9 Å². The number of aromatic nitrogens is 2. The van der Waals surface area contributed by atoms with E-state index in [1.807, 2.05) is 6.07 Å². The largest absolute Gasteiger partial charge is 0.336 e. The molecule has 2 aromatic rings. The number of hydrogen-bond donors (Lipinski definition) is 1. The second-order valence-electron chi connectivity index (χ2n) is 6.15. The molecular formula is C16H17N5O4. The first-order valence-corrected chi connectivity index (χ1v) is 7.54. The average Bonchev–Trinajstić information content (AvgIpc) is 2.56. The zero-order valence-electron chi connectivity index (χ0n) is 14.0. The van der Waals surface area contributed by atoms with Crippen LogP contribution in [0.3, 0.4) is 0 Å². The lowest BCUT2D eigenvalue weighted by Crippen LogP contribution is -2.50. The number of nitro benzene ring substituents is 1. The van der Waals surface area contributed by atoms with Crippen molar-refractivity contribution in [2.45, 2.75) is 32.9 Å². The van der Waals surface area contributed by atoms with E-state index in [1.54, 1.807) is 20.8 Å². The molecule has 0 aliphatic carbocycles. The number of fused-ring (bicyclic) bond motifs is 1. The molecule has 25 heavy (non-hydrogen) atoms. The first-order valence-electron chi connectivity index (χ1n) is 7.54. The maximum Gasteiger partial charge on any atom is 0.270 e. The minimum atomic E-state index is -1.07. The van der Waals surface area contributed by atoms with Gasteiger partial charge in [0.2, 0.25) is 5.91 Å². The van der Waals surface area contributed by atoms with E-state index in [0.717, 1.165) is 10.6 Å².